The largest absolute Gasteiger partial charge is 0.493 e. The Balaban J connectivity index is 3.37. The number of ether oxygens (including phenoxy) is 1. The first-order chi connectivity index (χ1) is 6.99. The fourth-order valence-corrected chi connectivity index (χ4v) is 1.28. The zero-order chi connectivity index (χ0) is 11.6. The average molecular weight is 216 g/mol. The van der Waals surface area contributed by atoms with Crippen molar-refractivity contribution in [3.63, 3.8) is 0 Å². The molecule has 1 N–H and O–H groups in total. The zero-order valence-electron chi connectivity index (χ0n) is 8.25. The standard InChI is InChI=1S/C10H10F2O3/c1-5(10(13)14)8-6(11)3-4-7(12)9(8)15-2/h3-5H,1-2H3,(H,13,14). The van der Waals surface area contributed by atoms with Gasteiger partial charge in [0.2, 0.25) is 0 Å². The molecular formula is C10H10F2O3. The molecule has 0 bridgehead atoms. The van der Waals surface area contributed by atoms with Crippen molar-refractivity contribution in [1.29, 1.82) is 0 Å². The van der Waals surface area contributed by atoms with Gasteiger partial charge in [-0.15, -0.1) is 0 Å². The average Bonchev–Trinajstić information content (AvgIpc) is 2.19. The smallest absolute Gasteiger partial charge is 0.310 e. The number of halogens is 2. The van der Waals surface area contributed by atoms with Crippen LogP contribution >= 0.6 is 0 Å². The number of hydrogen-bond donors (Lipinski definition) is 1. The number of benzene rings is 1. The van der Waals surface area contributed by atoms with E-state index in [2.05, 4.69) is 4.74 Å². The maximum atomic E-state index is 13.3. The lowest BCUT2D eigenvalue weighted by Gasteiger charge is -2.13. The van der Waals surface area contributed by atoms with Crippen LogP contribution in [0.4, 0.5) is 8.78 Å². The van der Waals surface area contributed by atoms with E-state index in [1.807, 2.05) is 0 Å². The van der Waals surface area contributed by atoms with Crippen molar-refractivity contribution in [2.45, 2.75) is 12.8 Å². The fourth-order valence-electron chi connectivity index (χ4n) is 1.28. The molecule has 1 aromatic rings. The quantitative estimate of drug-likeness (QED) is 0.842. The molecule has 1 atom stereocenters. The third kappa shape index (κ3) is 2.06. The van der Waals surface area contributed by atoms with Gasteiger partial charge in [-0.1, -0.05) is 0 Å². The van der Waals surface area contributed by atoms with Gasteiger partial charge >= 0.3 is 5.97 Å². The summed E-state index contributed by atoms with van der Waals surface area (Å²) in [4.78, 5) is 10.7. The summed E-state index contributed by atoms with van der Waals surface area (Å²) < 4.78 is 31.1. The predicted octanol–water partition coefficient (Wildman–Crippen LogP) is 2.16. The summed E-state index contributed by atoms with van der Waals surface area (Å²) in [6.45, 7) is 1.27. The van der Waals surface area contributed by atoms with Crippen molar-refractivity contribution in [2.24, 2.45) is 0 Å². The van der Waals surface area contributed by atoms with Gasteiger partial charge in [-0.25, -0.2) is 8.78 Å². The number of rotatable bonds is 3. The molecule has 0 spiro atoms. The van der Waals surface area contributed by atoms with Crippen LogP contribution in [0.25, 0.3) is 0 Å². The van der Waals surface area contributed by atoms with Gasteiger partial charge in [0.05, 0.1) is 13.0 Å². The van der Waals surface area contributed by atoms with E-state index < -0.39 is 23.5 Å². The minimum atomic E-state index is -1.24. The highest BCUT2D eigenvalue weighted by molar-refractivity contribution is 5.76. The van der Waals surface area contributed by atoms with Crippen LogP contribution in [0.5, 0.6) is 5.75 Å². The molecule has 0 saturated carbocycles. The third-order valence-electron chi connectivity index (χ3n) is 2.10. The second-order valence-electron chi connectivity index (χ2n) is 3.04. The highest BCUT2D eigenvalue weighted by Gasteiger charge is 2.24. The molecule has 0 radical (unpaired) electrons. The maximum absolute atomic E-state index is 13.3. The Bertz CT molecular complexity index is 390. The van der Waals surface area contributed by atoms with E-state index in [9.17, 15) is 13.6 Å². The second kappa shape index (κ2) is 4.25. The van der Waals surface area contributed by atoms with E-state index in [0.29, 0.717) is 0 Å². The molecule has 1 unspecified atom stereocenters. The van der Waals surface area contributed by atoms with E-state index in [1.54, 1.807) is 0 Å². The van der Waals surface area contributed by atoms with Crippen molar-refractivity contribution in [2.75, 3.05) is 7.11 Å². The number of carboxylic acids is 1. The molecule has 1 aromatic carbocycles. The van der Waals surface area contributed by atoms with Gasteiger partial charge in [0.1, 0.15) is 5.82 Å². The summed E-state index contributed by atoms with van der Waals surface area (Å²) in [6, 6.07) is 1.78. The van der Waals surface area contributed by atoms with E-state index >= 15 is 0 Å². The summed E-state index contributed by atoms with van der Waals surface area (Å²) >= 11 is 0. The molecule has 0 heterocycles. The zero-order valence-corrected chi connectivity index (χ0v) is 8.25. The molecule has 5 heteroatoms. The van der Waals surface area contributed by atoms with E-state index in [4.69, 9.17) is 5.11 Å². The number of carboxylic acid groups (broad SMARTS) is 1. The monoisotopic (exact) mass is 216 g/mol. The molecule has 3 nitrogen and oxygen atoms in total. The summed E-state index contributed by atoms with van der Waals surface area (Å²) in [6.07, 6.45) is 0. The van der Waals surface area contributed by atoms with Gasteiger partial charge in [0, 0.05) is 5.56 Å². The van der Waals surface area contributed by atoms with Crippen LogP contribution in [0.3, 0.4) is 0 Å². The lowest BCUT2D eigenvalue weighted by molar-refractivity contribution is -0.138. The van der Waals surface area contributed by atoms with E-state index in [0.717, 1.165) is 19.2 Å². The highest BCUT2D eigenvalue weighted by Crippen LogP contribution is 2.31. The van der Waals surface area contributed by atoms with Gasteiger partial charge in [0.25, 0.3) is 0 Å². The Labute approximate surface area is 85.3 Å². The number of methoxy groups -OCH3 is 1. The Morgan fingerprint density at radius 1 is 1.40 bits per heavy atom. The molecule has 0 aliphatic heterocycles. The normalized spacial score (nSPS) is 12.3. The minimum absolute atomic E-state index is 0.273. The molecule has 1 rings (SSSR count). The molecule has 0 amide bonds. The Morgan fingerprint density at radius 3 is 2.40 bits per heavy atom. The lowest BCUT2D eigenvalue weighted by Crippen LogP contribution is -2.11. The summed E-state index contributed by atoms with van der Waals surface area (Å²) in [5.74, 6) is -4.32. The van der Waals surface area contributed by atoms with Crippen LogP contribution in [0, 0.1) is 11.6 Å². The fraction of sp³-hybridized carbons (Fsp3) is 0.300. The van der Waals surface area contributed by atoms with Gasteiger partial charge in [0.15, 0.2) is 11.6 Å². The maximum Gasteiger partial charge on any atom is 0.310 e. The van der Waals surface area contributed by atoms with Crippen LogP contribution in [-0.2, 0) is 4.79 Å². The Morgan fingerprint density at radius 2 is 1.93 bits per heavy atom. The number of carbonyl (C=O) groups is 1. The molecule has 0 aliphatic carbocycles. The van der Waals surface area contributed by atoms with Gasteiger partial charge in [-0.3, -0.25) is 4.79 Å². The van der Waals surface area contributed by atoms with Gasteiger partial charge in [-0.05, 0) is 19.1 Å². The first-order valence-electron chi connectivity index (χ1n) is 4.23. The van der Waals surface area contributed by atoms with Crippen molar-refractivity contribution in [3.8, 4) is 5.75 Å². The molecule has 15 heavy (non-hydrogen) atoms. The van der Waals surface area contributed by atoms with Crippen LogP contribution in [0.1, 0.15) is 18.4 Å². The van der Waals surface area contributed by atoms with E-state index in [-0.39, 0.29) is 11.3 Å². The van der Waals surface area contributed by atoms with Crippen LogP contribution in [0.15, 0.2) is 12.1 Å². The van der Waals surface area contributed by atoms with Gasteiger partial charge in [-0.2, -0.15) is 0 Å². The lowest BCUT2D eigenvalue weighted by atomic mass is 9.99. The Kier molecular flexibility index (Phi) is 3.24. The van der Waals surface area contributed by atoms with Crippen molar-refractivity contribution in [3.05, 3.63) is 29.3 Å². The number of hydrogen-bond acceptors (Lipinski definition) is 2. The topological polar surface area (TPSA) is 46.5 Å². The summed E-state index contributed by atoms with van der Waals surface area (Å²) in [5.41, 5.74) is -0.273. The first-order valence-corrected chi connectivity index (χ1v) is 4.23. The van der Waals surface area contributed by atoms with Crippen molar-refractivity contribution >= 4 is 5.97 Å². The highest BCUT2D eigenvalue weighted by atomic mass is 19.1. The minimum Gasteiger partial charge on any atom is -0.493 e. The van der Waals surface area contributed by atoms with Crippen molar-refractivity contribution in [1.82, 2.24) is 0 Å². The third-order valence-corrected chi connectivity index (χ3v) is 2.10. The molecule has 82 valence electrons. The molecule has 0 saturated heterocycles. The summed E-state index contributed by atoms with van der Waals surface area (Å²) in [5, 5.41) is 8.73. The van der Waals surface area contributed by atoms with Crippen molar-refractivity contribution < 1.29 is 23.4 Å². The van der Waals surface area contributed by atoms with Crippen LogP contribution < -0.4 is 4.74 Å². The van der Waals surface area contributed by atoms with Crippen LogP contribution in [-0.4, -0.2) is 18.2 Å². The first kappa shape index (κ1) is 11.4. The molecule has 0 aromatic heterocycles. The molecular weight excluding hydrogens is 206 g/mol. The molecule has 0 aliphatic rings. The van der Waals surface area contributed by atoms with Crippen LogP contribution in [0.2, 0.25) is 0 Å². The molecule has 0 fully saturated rings. The Hall–Kier alpha value is -1.65. The van der Waals surface area contributed by atoms with Gasteiger partial charge < -0.3 is 9.84 Å². The number of aliphatic carboxylic acids is 1. The summed E-state index contributed by atoms with van der Waals surface area (Å²) in [7, 11) is 1.16. The second-order valence-corrected chi connectivity index (χ2v) is 3.04. The van der Waals surface area contributed by atoms with E-state index in [1.165, 1.54) is 6.92 Å². The SMILES string of the molecule is COc1c(F)ccc(F)c1C(C)C(=O)O. The predicted molar refractivity (Wildman–Crippen MR) is 49.0 cm³/mol.